The van der Waals surface area contributed by atoms with Gasteiger partial charge in [-0.3, -0.25) is 0 Å². The Bertz CT molecular complexity index is 833. The predicted molar refractivity (Wildman–Crippen MR) is 70.5 cm³/mol. The van der Waals surface area contributed by atoms with Gasteiger partial charge in [0.1, 0.15) is 0 Å². The van der Waals surface area contributed by atoms with Gasteiger partial charge in [-0.05, 0) is 0 Å². The third kappa shape index (κ3) is 3.23. The summed E-state index contributed by atoms with van der Waals surface area (Å²) in [7, 11) is 0.178. The molecule has 0 bridgehead atoms. The highest BCUT2D eigenvalue weighted by Crippen LogP contribution is 2.16. The quantitative estimate of drug-likeness (QED) is 0.326. The molecule has 0 aliphatic carbocycles. The van der Waals surface area contributed by atoms with E-state index < -0.39 is 69.1 Å². The van der Waals surface area contributed by atoms with Crippen molar-refractivity contribution in [3.63, 3.8) is 0 Å². The summed E-state index contributed by atoms with van der Waals surface area (Å²) < 4.78 is 134. The number of nitrogens with zero attached hydrogens (tertiary/aromatic N) is 1. The van der Waals surface area contributed by atoms with Gasteiger partial charge in [-0.25, -0.2) is 48.7 Å². The molecule has 0 N–H and O–H groups in total. The Morgan fingerprint density at radius 2 is 0.769 bits per heavy atom. The number of hydrogen-bond acceptors (Lipinski definition) is 0. The summed E-state index contributed by atoms with van der Waals surface area (Å²) in [6.45, 7) is 0. The zero-order valence-corrected chi connectivity index (χ0v) is 11.9. The first-order valence-electron chi connectivity index (χ1n) is 6.24. The first kappa shape index (κ1) is 19.7. The Morgan fingerprint density at radius 3 is 1.15 bits per heavy atom. The fraction of sp³-hybridized carbons (Fsp3) is 0. The van der Waals surface area contributed by atoms with E-state index in [-0.39, 0.29) is 14.7 Å². The highest BCUT2D eigenvalue weighted by Gasteiger charge is 2.32. The lowest BCUT2D eigenvalue weighted by molar-refractivity contribution is 0.384. The first-order chi connectivity index (χ1) is 12.1. The molecule has 26 heavy (non-hydrogen) atoms. The average molecular weight is 382 g/mol. The van der Waals surface area contributed by atoms with E-state index in [4.69, 9.17) is 0 Å². The van der Waals surface area contributed by atoms with Gasteiger partial charge >= 0.3 is 14.7 Å². The summed E-state index contributed by atoms with van der Waals surface area (Å²) in [5.74, 6) is -21.3. The monoisotopic (exact) mass is 382 g/mol. The van der Waals surface area contributed by atoms with Gasteiger partial charge < -0.3 is 0 Å². The van der Waals surface area contributed by atoms with Crippen LogP contribution < -0.4 is 10.9 Å². The lowest BCUT2D eigenvalue weighted by Gasteiger charge is -2.03. The van der Waals surface area contributed by atoms with Crippen molar-refractivity contribution in [1.29, 1.82) is 0 Å². The third-order valence-corrected chi connectivity index (χ3v) is 2.96. The van der Waals surface area contributed by atoms with Crippen LogP contribution in [0.5, 0.6) is 0 Å². The molecule has 1 nitrogen and oxygen atoms in total. The van der Waals surface area contributed by atoms with Crippen molar-refractivity contribution in [2.45, 2.75) is 0 Å². The van der Waals surface area contributed by atoms with Gasteiger partial charge in [0.15, 0.2) is 64.1 Å². The van der Waals surface area contributed by atoms with Gasteiger partial charge in [-0.15, -0.1) is 0 Å². The van der Waals surface area contributed by atoms with Crippen LogP contribution in [0.4, 0.5) is 43.9 Å². The maximum absolute atomic E-state index is 13.3. The van der Waals surface area contributed by atoms with Crippen LogP contribution in [0.15, 0.2) is 0 Å². The second-order valence-electron chi connectivity index (χ2n) is 4.50. The van der Waals surface area contributed by atoms with Crippen LogP contribution >= 0.6 is 0 Å². The minimum absolute atomic E-state index is 0.0544. The van der Waals surface area contributed by atoms with Crippen LogP contribution in [0.25, 0.3) is 4.76 Å². The van der Waals surface area contributed by atoms with Crippen LogP contribution in [0, 0.1) is 64.1 Å². The number of rotatable bonds is 2. The van der Waals surface area contributed by atoms with E-state index in [0.717, 1.165) is 0 Å². The van der Waals surface area contributed by atoms with Gasteiger partial charge in [0.2, 0.25) is 0 Å². The minimum Gasteiger partial charge on any atom is -0.204 e. The maximum Gasteiger partial charge on any atom is 0.746 e. The third-order valence-electron chi connectivity index (χ3n) is 2.96. The molecule has 0 atom stereocenters. The Kier molecular flexibility index (Phi) is 5.53. The number of hydrogen-bond donors (Lipinski definition) is 0. The van der Waals surface area contributed by atoms with Crippen molar-refractivity contribution in [3.8, 4) is 5.97 Å². The molecule has 0 spiro atoms. The van der Waals surface area contributed by atoms with Crippen molar-refractivity contribution < 1.29 is 43.9 Å². The zero-order valence-electron chi connectivity index (χ0n) is 11.9. The lowest BCUT2D eigenvalue weighted by Crippen LogP contribution is -2.27. The van der Waals surface area contributed by atoms with Crippen LogP contribution in [-0.4, -0.2) is 14.7 Å². The maximum atomic E-state index is 13.3. The predicted octanol–water partition coefficient (Wildman–Crippen LogP) is 2.64. The smallest absolute Gasteiger partial charge is 0.204 e. The molecule has 132 valence electrons. The molecular weight excluding hydrogens is 382 g/mol. The van der Waals surface area contributed by atoms with E-state index in [1.807, 2.05) is 0 Å². The van der Waals surface area contributed by atoms with Crippen LogP contribution in [0.3, 0.4) is 0 Å². The molecule has 0 heterocycles. The molecule has 0 aliphatic rings. The van der Waals surface area contributed by atoms with Gasteiger partial charge in [0, 0.05) is 5.46 Å². The SMILES string of the molecule is Fc1c(F)c(F)c([B]C#[N+][B]c2c(F)c(F)c(F)c(F)c2F)c(F)c1F. The van der Waals surface area contributed by atoms with Crippen molar-refractivity contribution >= 4 is 25.6 Å². The van der Waals surface area contributed by atoms with E-state index in [9.17, 15) is 43.9 Å². The highest BCUT2D eigenvalue weighted by atomic mass is 19.2. The minimum atomic E-state index is -2.42. The van der Waals surface area contributed by atoms with Crippen LogP contribution in [0.2, 0.25) is 0 Å². The molecule has 0 saturated carbocycles. The summed E-state index contributed by atoms with van der Waals surface area (Å²) in [5, 5.41) is 0. The molecule has 2 aromatic carbocycles. The van der Waals surface area contributed by atoms with Crippen molar-refractivity contribution in [2.24, 2.45) is 0 Å². The largest absolute Gasteiger partial charge is 0.746 e. The Morgan fingerprint density at radius 1 is 0.462 bits per heavy atom. The van der Waals surface area contributed by atoms with Crippen molar-refractivity contribution in [2.75, 3.05) is 0 Å². The van der Waals surface area contributed by atoms with Crippen LogP contribution in [-0.2, 0) is 0 Å². The second-order valence-corrected chi connectivity index (χ2v) is 4.50. The number of benzene rings is 2. The highest BCUT2D eigenvalue weighted by molar-refractivity contribution is 6.64. The first-order valence-corrected chi connectivity index (χ1v) is 6.24. The fourth-order valence-corrected chi connectivity index (χ4v) is 1.69. The molecule has 0 amide bonds. The normalized spacial score (nSPS) is 10.4. The van der Waals surface area contributed by atoms with E-state index in [2.05, 4.69) is 4.76 Å². The molecule has 0 unspecified atom stereocenters. The van der Waals surface area contributed by atoms with Gasteiger partial charge in [0.05, 0.1) is 5.46 Å². The molecule has 0 aromatic heterocycles. The van der Waals surface area contributed by atoms with Gasteiger partial charge in [-0.2, -0.15) is 0 Å². The van der Waals surface area contributed by atoms with E-state index >= 15 is 0 Å². The van der Waals surface area contributed by atoms with Gasteiger partial charge in [-0.1, -0.05) is 0 Å². The fourth-order valence-electron chi connectivity index (χ4n) is 1.69. The molecule has 2 rings (SSSR count). The summed E-state index contributed by atoms with van der Waals surface area (Å²) >= 11 is 0. The standard InChI is InChI=1S/C13B2F10N/c16-4-2(5(17)9(21)12(24)8(4)20)14-1-26-15-3-6(18)10(22)13(25)11(23)7(3)19/q+1. The zero-order chi connectivity index (χ0) is 19.8. The lowest BCUT2D eigenvalue weighted by atomic mass is 9.71. The van der Waals surface area contributed by atoms with E-state index in [1.54, 1.807) is 5.97 Å². The molecule has 0 saturated heterocycles. The molecule has 0 fully saturated rings. The topological polar surface area (TPSA) is 4.36 Å². The summed E-state index contributed by atoms with van der Waals surface area (Å²) in [5.41, 5.74) is -2.98. The van der Waals surface area contributed by atoms with E-state index in [1.165, 1.54) is 0 Å². The number of halogens is 10. The summed E-state index contributed by atoms with van der Waals surface area (Å²) in [4.78, 5) is 0. The Labute approximate surface area is 139 Å². The average Bonchev–Trinajstić information content (AvgIpc) is 2.63. The summed E-state index contributed by atoms with van der Waals surface area (Å²) in [6.07, 6.45) is 0. The van der Waals surface area contributed by atoms with Gasteiger partial charge in [0.25, 0.3) is 0 Å². The van der Waals surface area contributed by atoms with Crippen molar-refractivity contribution in [3.05, 3.63) is 62.9 Å². The Hall–Kier alpha value is -2.64. The van der Waals surface area contributed by atoms with E-state index in [0.29, 0.717) is 0 Å². The second kappa shape index (κ2) is 7.31. The molecule has 2 aromatic rings. The molecule has 2 radical (unpaired) electrons. The van der Waals surface area contributed by atoms with Crippen molar-refractivity contribution in [1.82, 2.24) is 0 Å². The molecular formula is C13B2F10N+. The Balaban J connectivity index is 2.33. The molecule has 0 aliphatic heterocycles. The summed E-state index contributed by atoms with van der Waals surface area (Å²) in [6, 6.07) is 0. The van der Waals surface area contributed by atoms with Crippen LogP contribution in [0.1, 0.15) is 0 Å². The molecule has 13 heteroatoms.